The highest BCUT2D eigenvalue weighted by Gasteiger charge is 2.18. The number of methoxy groups -OCH3 is 1. The van der Waals surface area contributed by atoms with E-state index in [4.69, 9.17) is 9.47 Å². The molecule has 2 aromatic carbocycles. The molecule has 0 spiro atoms. The minimum atomic E-state index is -3.48. The first-order chi connectivity index (χ1) is 14.3. The van der Waals surface area contributed by atoms with Crippen LogP contribution in [0.5, 0.6) is 17.2 Å². The Balaban J connectivity index is 2.15. The predicted octanol–water partition coefficient (Wildman–Crippen LogP) is 3.40. The summed E-state index contributed by atoms with van der Waals surface area (Å²) in [5.74, 6) is 1.29. The highest BCUT2D eigenvalue weighted by atomic mass is 32.2. The summed E-state index contributed by atoms with van der Waals surface area (Å²) in [6, 6.07) is 15.4. The second kappa shape index (κ2) is 9.00. The van der Waals surface area contributed by atoms with E-state index in [-0.39, 0.29) is 17.1 Å². The summed E-state index contributed by atoms with van der Waals surface area (Å²) in [6.45, 7) is 1.79. The van der Waals surface area contributed by atoms with Crippen LogP contribution in [0.25, 0.3) is 11.3 Å². The molecule has 0 bridgehead atoms. The first kappa shape index (κ1) is 21.4. The molecule has 0 atom stereocenters. The number of para-hydroxylation sites is 1. The van der Waals surface area contributed by atoms with Crippen LogP contribution in [0, 0.1) is 0 Å². The van der Waals surface area contributed by atoms with Crippen molar-refractivity contribution in [3.63, 3.8) is 0 Å². The van der Waals surface area contributed by atoms with E-state index < -0.39 is 10.0 Å². The fourth-order valence-corrected chi connectivity index (χ4v) is 3.97. The van der Waals surface area contributed by atoms with E-state index >= 15 is 0 Å². The maximum absolute atomic E-state index is 12.2. The van der Waals surface area contributed by atoms with E-state index in [2.05, 4.69) is 9.82 Å². The lowest BCUT2D eigenvalue weighted by atomic mass is 10.1. The van der Waals surface area contributed by atoms with Crippen molar-refractivity contribution in [3.8, 4) is 28.5 Å². The molecule has 0 saturated heterocycles. The molecule has 30 heavy (non-hydrogen) atoms. The van der Waals surface area contributed by atoms with Crippen molar-refractivity contribution in [3.05, 3.63) is 65.0 Å². The fraction of sp³-hybridized carbons (Fsp3) is 0.238. The molecule has 3 aromatic rings. The Kier molecular flexibility index (Phi) is 6.41. The summed E-state index contributed by atoms with van der Waals surface area (Å²) in [5.41, 5.74) is 0.850. The predicted molar refractivity (Wildman–Crippen MR) is 116 cm³/mol. The third kappa shape index (κ3) is 4.98. The molecular formula is C21H23N3O5S. The average molecular weight is 429 g/mol. The number of anilines is 1. The maximum atomic E-state index is 12.2. The number of aryl methyl sites for hydroxylation is 1. The second-order valence-corrected chi connectivity index (χ2v) is 8.41. The Morgan fingerprint density at radius 2 is 1.80 bits per heavy atom. The van der Waals surface area contributed by atoms with Gasteiger partial charge in [0.25, 0.3) is 5.56 Å². The van der Waals surface area contributed by atoms with Crippen LogP contribution in [-0.4, -0.2) is 31.1 Å². The molecule has 1 heterocycles. The van der Waals surface area contributed by atoms with Gasteiger partial charge < -0.3 is 9.47 Å². The first-order valence-electron chi connectivity index (χ1n) is 9.33. The van der Waals surface area contributed by atoms with Crippen molar-refractivity contribution >= 4 is 15.7 Å². The van der Waals surface area contributed by atoms with Gasteiger partial charge in [-0.15, -0.1) is 0 Å². The molecule has 0 fully saturated rings. The Labute approximate surface area is 175 Å². The number of benzene rings is 2. The smallest absolute Gasteiger partial charge is 0.270 e. The van der Waals surface area contributed by atoms with Gasteiger partial charge in [0.05, 0.1) is 18.4 Å². The second-order valence-electron chi connectivity index (χ2n) is 6.57. The lowest BCUT2D eigenvalue weighted by molar-refractivity contribution is 0.409. The zero-order valence-corrected chi connectivity index (χ0v) is 17.8. The molecule has 1 aromatic heterocycles. The van der Waals surface area contributed by atoms with Gasteiger partial charge in [0, 0.05) is 18.8 Å². The SMILES string of the molecule is CCCS(=O)(=O)Nc1ccc(Oc2ccccc2)c(-c2nn(C)c(=O)cc2OC)c1. The molecule has 0 aliphatic heterocycles. The van der Waals surface area contributed by atoms with E-state index in [0.29, 0.717) is 34.9 Å². The number of ether oxygens (including phenoxy) is 2. The van der Waals surface area contributed by atoms with E-state index in [1.165, 1.54) is 24.9 Å². The summed E-state index contributed by atoms with van der Waals surface area (Å²) in [6.07, 6.45) is 0.494. The lowest BCUT2D eigenvalue weighted by Crippen LogP contribution is -2.19. The molecule has 0 saturated carbocycles. The molecule has 0 aliphatic rings. The largest absolute Gasteiger partial charge is 0.494 e. The average Bonchev–Trinajstić information content (AvgIpc) is 2.71. The van der Waals surface area contributed by atoms with E-state index in [1.807, 2.05) is 18.2 Å². The van der Waals surface area contributed by atoms with Gasteiger partial charge in [-0.05, 0) is 36.8 Å². The van der Waals surface area contributed by atoms with Gasteiger partial charge in [0.1, 0.15) is 17.2 Å². The lowest BCUT2D eigenvalue weighted by Gasteiger charge is -2.16. The summed E-state index contributed by atoms with van der Waals surface area (Å²) in [5, 5.41) is 4.31. The van der Waals surface area contributed by atoms with Gasteiger partial charge in [0.15, 0.2) is 5.75 Å². The van der Waals surface area contributed by atoms with Crippen LogP contribution < -0.4 is 19.8 Å². The third-order valence-electron chi connectivity index (χ3n) is 4.23. The standard InChI is InChI=1S/C21H23N3O5S/c1-4-12-30(26,27)23-15-10-11-18(29-16-8-6-5-7-9-16)17(13-15)21-19(28-3)14-20(25)24(2)22-21/h5-11,13-14,23H,4,12H2,1-3H3. The quantitative estimate of drug-likeness (QED) is 0.589. The monoisotopic (exact) mass is 429 g/mol. The number of hydrogen-bond donors (Lipinski definition) is 1. The summed E-state index contributed by atoms with van der Waals surface area (Å²) < 4.78 is 39.5. The van der Waals surface area contributed by atoms with Gasteiger partial charge >= 0.3 is 0 Å². The zero-order valence-electron chi connectivity index (χ0n) is 17.0. The van der Waals surface area contributed by atoms with Gasteiger partial charge in [-0.3, -0.25) is 9.52 Å². The topological polar surface area (TPSA) is 99.5 Å². The Hall–Kier alpha value is -3.33. The molecule has 0 radical (unpaired) electrons. The number of sulfonamides is 1. The van der Waals surface area contributed by atoms with Gasteiger partial charge in [-0.2, -0.15) is 5.10 Å². The zero-order chi connectivity index (χ0) is 21.7. The van der Waals surface area contributed by atoms with Crippen LogP contribution in [0.4, 0.5) is 5.69 Å². The minimum absolute atomic E-state index is 0.00596. The van der Waals surface area contributed by atoms with Crippen LogP contribution in [-0.2, 0) is 17.1 Å². The van der Waals surface area contributed by atoms with Crippen LogP contribution in [0.3, 0.4) is 0 Å². The van der Waals surface area contributed by atoms with Crippen molar-refractivity contribution in [2.45, 2.75) is 13.3 Å². The first-order valence-corrected chi connectivity index (χ1v) is 11.0. The van der Waals surface area contributed by atoms with Gasteiger partial charge in [-0.1, -0.05) is 25.1 Å². The normalized spacial score (nSPS) is 11.2. The van der Waals surface area contributed by atoms with Crippen molar-refractivity contribution in [2.75, 3.05) is 17.6 Å². The molecule has 0 aliphatic carbocycles. The highest BCUT2D eigenvalue weighted by molar-refractivity contribution is 7.92. The van der Waals surface area contributed by atoms with E-state index in [1.54, 1.807) is 37.3 Å². The molecule has 9 heteroatoms. The number of hydrogen-bond acceptors (Lipinski definition) is 6. The van der Waals surface area contributed by atoms with Crippen LogP contribution in [0.1, 0.15) is 13.3 Å². The summed E-state index contributed by atoms with van der Waals surface area (Å²) in [4.78, 5) is 12.0. The van der Waals surface area contributed by atoms with Crippen molar-refractivity contribution in [1.82, 2.24) is 9.78 Å². The molecule has 0 unspecified atom stereocenters. The molecule has 158 valence electrons. The number of rotatable bonds is 8. The van der Waals surface area contributed by atoms with E-state index in [0.717, 1.165) is 0 Å². The van der Waals surface area contributed by atoms with Crippen molar-refractivity contribution in [2.24, 2.45) is 7.05 Å². The summed E-state index contributed by atoms with van der Waals surface area (Å²) in [7, 11) is -0.523. The van der Waals surface area contributed by atoms with Gasteiger partial charge in [-0.25, -0.2) is 13.1 Å². The third-order valence-corrected chi connectivity index (χ3v) is 5.72. The molecule has 3 rings (SSSR count). The molecule has 8 nitrogen and oxygen atoms in total. The van der Waals surface area contributed by atoms with Crippen molar-refractivity contribution in [1.29, 1.82) is 0 Å². The Bertz CT molecular complexity index is 1190. The Morgan fingerprint density at radius 1 is 1.07 bits per heavy atom. The van der Waals surface area contributed by atoms with Crippen molar-refractivity contribution < 1.29 is 17.9 Å². The van der Waals surface area contributed by atoms with Gasteiger partial charge in [0.2, 0.25) is 10.0 Å². The number of aromatic nitrogens is 2. The van der Waals surface area contributed by atoms with Crippen LogP contribution in [0.2, 0.25) is 0 Å². The van der Waals surface area contributed by atoms with E-state index in [9.17, 15) is 13.2 Å². The number of nitrogens with zero attached hydrogens (tertiary/aromatic N) is 2. The highest BCUT2D eigenvalue weighted by Crippen LogP contribution is 2.38. The van der Waals surface area contributed by atoms with Crippen LogP contribution in [0.15, 0.2) is 59.4 Å². The molecule has 1 N–H and O–H groups in total. The summed E-state index contributed by atoms with van der Waals surface area (Å²) >= 11 is 0. The minimum Gasteiger partial charge on any atom is -0.494 e. The number of nitrogens with one attached hydrogen (secondary N) is 1. The molecular weight excluding hydrogens is 406 g/mol. The molecule has 0 amide bonds. The maximum Gasteiger partial charge on any atom is 0.270 e. The van der Waals surface area contributed by atoms with Crippen LogP contribution >= 0.6 is 0 Å². The Morgan fingerprint density at radius 3 is 2.47 bits per heavy atom. The fourth-order valence-electron chi connectivity index (χ4n) is 2.85.